The molecule has 2 aromatic rings. The highest BCUT2D eigenvalue weighted by molar-refractivity contribution is 7.39. The van der Waals surface area contributed by atoms with Gasteiger partial charge in [0.05, 0.1) is 5.69 Å². The first-order chi connectivity index (χ1) is 8.72. The van der Waals surface area contributed by atoms with Crippen LogP contribution in [0.15, 0.2) is 53.3 Å². The molecule has 92 valence electrons. The molecule has 1 unspecified atom stereocenters. The van der Waals surface area contributed by atoms with E-state index < -0.39 is 7.94 Å². The Labute approximate surface area is 108 Å². The summed E-state index contributed by atoms with van der Waals surface area (Å²) < 4.78 is 4.24. The molecule has 0 heterocycles. The van der Waals surface area contributed by atoms with Crippen LogP contribution < -0.4 is 10.6 Å². The predicted molar refractivity (Wildman–Crippen MR) is 75.8 cm³/mol. The van der Waals surface area contributed by atoms with Crippen molar-refractivity contribution in [3.8, 4) is 11.1 Å². The van der Waals surface area contributed by atoms with E-state index in [0.717, 1.165) is 11.1 Å². The molecular formula is C14H15N2OP. The topological polar surface area (TPSA) is 61.4 Å². The summed E-state index contributed by atoms with van der Waals surface area (Å²) in [5.74, 6) is 0. The Balaban J connectivity index is 2.58. The van der Waals surface area contributed by atoms with E-state index in [4.69, 9.17) is 5.73 Å². The average Bonchev–Trinajstić information content (AvgIpc) is 2.42. The second-order valence-electron chi connectivity index (χ2n) is 3.88. The zero-order valence-corrected chi connectivity index (χ0v) is 11.1. The van der Waals surface area contributed by atoms with E-state index in [0.29, 0.717) is 17.5 Å². The lowest BCUT2D eigenvalue weighted by Crippen LogP contribution is -1.91. The Kier molecular flexibility index (Phi) is 4.08. The molecule has 0 aliphatic carbocycles. The van der Waals surface area contributed by atoms with E-state index >= 15 is 0 Å². The number of nitrogen functional groups attached to an aromatic ring is 1. The number of anilines is 1. The van der Waals surface area contributed by atoms with Gasteiger partial charge >= 0.3 is 0 Å². The van der Waals surface area contributed by atoms with Gasteiger partial charge in [0.1, 0.15) is 11.8 Å². The van der Waals surface area contributed by atoms with Gasteiger partial charge < -0.3 is 10.6 Å². The fourth-order valence-electron chi connectivity index (χ4n) is 1.71. The van der Waals surface area contributed by atoms with E-state index in [1.165, 1.54) is 0 Å². The predicted octanol–water partition coefficient (Wildman–Crippen LogP) is 3.53. The molecule has 2 aromatic carbocycles. The second kappa shape index (κ2) is 5.76. The lowest BCUT2D eigenvalue weighted by atomic mass is 10.0. The molecular weight excluding hydrogens is 243 g/mol. The highest BCUT2D eigenvalue weighted by Gasteiger charge is 2.10. The Morgan fingerprint density at radius 1 is 1.11 bits per heavy atom. The molecule has 0 amide bonds. The SMILES string of the molecule is CC[P+]([O-])=Nc1c(N)cccc1-c1ccccc1. The maximum absolute atomic E-state index is 11.6. The quantitative estimate of drug-likeness (QED) is 0.676. The number of nitrogens with two attached hydrogens (primary N) is 1. The van der Waals surface area contributed by atoms with Gasteiger partial charge in [0.2, 0.25) is 0 Å². The van der Waals surface area contributed by atoms with Gasteiger partial charge in [-0.25, -0.2) is 0 Å². The Bertz CT molecular complexity index is 567. The van der Waals surface area contributed by atoms with Crippen molar-refractivity contribution in [1.82, 2.24) is 0 Å². The first-order valence-electron chi connectivity index (χ1n) is 5.82. The standard InChI is InChI=1S/C14H15N2OP/c1-2-18(17)16-14-12(9-6-10-13(14)15)11-7-4-3-5-8-11/h3-10H,2,15H2,1H3. The van der Waals surface area contributed by atoms with Gasteiger partial charge in [-0.05, 0) is 18.6 Å². The van der Waals surface area contributed by atoms with Crippen LogP contribution in [0.2, 0.25) is 0 Å². The van der Waals surface area contributed by atoms with Crippen LogP contribution in [0.1, 0.15) is 6.92 Å². The third-order valence-corrected chi connectivity index (χ3v) is 3.60. The highest BCUT2D eigenvalue weighted by Crippen LogP contribution is 2.38. The molecule has 1 atom stereocenters. The second-order valence-corrected chi connectivity index (χ2v) is 5.41. The van der Waals surface area contributed by atoms with Gasteiger partial charge in [0, 0.05) is 5.56 Å². The van der Waals surface area contributed by atoms with Crippen molar-refractivity contribution in [2.45, 2.75) is 6.92 Å². The van der Waals surface area contributed by atoms with Crippen LogP contribution in [0, 0.1) is 0 Å². The molecule has 0 fully saturated rings. The van der Waals surface area contributed by atoms with Crippen LogP contribution in [0.3, 0.4) is 0 Å². The van der Waals surface area contributed by atoms with Crippen molar-refractivity contribution in [2.75, 3.05) is 11.9 Å². The van der Waals surface area contributed by atoms with Crippen LogP contribution in [0.25, 0.3) is 11.1 Å². The molecule has 0 saturated carbocycles. The molecule has 0 bridgehead atoms. The average molecular weight is 258 g/mol. The Morgan fingerprint density at radius 3 is 2.50 bits per heavy atom. The third-order valence-electron chi connectivity index (χ3n) is 2.63. The third kappa shape index (κ3) is 2.76. The summed E-state index contributed by atoms with van der Waals surface area (Å²) in [6.07, 6.45) is 0.526. The molecule has 2 N–H and O–H groups in total. The molecule has 0 radical (unpaired) electrons. The van der Waals surface area contributed by atoms with Gasteiger partial charge in [-0.2, -0.15) is 0 Å². The summed E-state index contributed by atoms with van der Waals surface area (Å²) in [7, 11) is -1.58. The molecule has 18 heavy (non-hydrogen) atoms. The molecule has 0 saturated heterocycles. The van der Waals surface area contributed by atoms with E-state index in [1.54, 1.807) is 6.07 Å². The van der Waals surface area contributed by atoms with Gasteiger partial charge in [0.25, 0.3) is 0 Å². The zero-order valence-electron chi connectivity index (χ0n) is 10.2. The monoisotopic (exact) mass is 258 g/mol. The summed E-state index contributed by atoms with van der Waals surface area (Å²) >= 11 is 0. The van der Waals surface area contributed by atoms with Gasteiger partial charge in [-0.3, -0.25) is 0 Å². The van der Waals surface area contributed by atoms with Crippen LogP contribution >= 0.6 is 7.94 Å². The van der Waals surface area contributed by atoms with Crippen LogP contribution in [-0.2, 0) is 0 Å². The first-order valence-corrected chi connectivity index (χ1v) is 7.22. The number of hydrogen-bond donors (Lipinski definition) is 1. The number of hydrogen-bond acceptors (Lipinski definition) is 3. The fourth-order valence-corrected chi connectivity index (χ4v) is 2.29. The van der Waals surface area contributed by atoms with Crippen LogP contribution in [0.4, 0.5) is 11.4 Å². The summed E-state index contributed by atoms with van der Waals surface area (Å²) in [6.45, 7) is 1.85. The molecule has 0 spiro atoms. The van der Waals surface area contributed by atoms with Crippen molar-refractivity contribution in [1.29, 1.82) is 0 Å². The molecule has 3 nitrogen and oxygen atoms in total. The summed E-state index contributed by atoms with van der Waals surface area (Å²) in [5.41, 5.74) is 9.09. The van der Waals surface area contributed by atoms with Gasteiger partial charge in [-0.1, -0.05) is 47.2 Å². The van der Waals surface area contributed by atoms with Crippen molar-refractivity contribution in [2.24, 2.45) is 4.74 Å². The Morgan fingerprint density at radius 2 is 1.83 bits per heavy atom. The summed E-state index contributed by atoms with van der Waals surface area (Å²) in [4.78, 5) is 11.6. The van der Waals surface area contributed by atoms with Crippen molar-refractivity contribution in [3.63, 3.8) is 0 Å². The first kappa shape index (κ1) is 12.7. The lowest BCUT2D eigenvalue weighted by Gasteiger charge is -2.07. The van der Waals surface area contributed by atoms with Crippen molar-refractivity contribution >= 4 is 19.3 Å². The summed E-state index contributed by atoms with van der Waals surface area (Å²) in [5, 5.41) is 0. The van der Waals surface area contributed by atoms with E-state index in [1.807, 2.05) is 49.4 Å². The van der Waals surface area contributed by atoms with Crippen LogP contribution in [-0.4, -0.2) is 6.16 Å². The molecule has 0 aliphatic rings. The summed E-state index contributed by atoms with van der Waals surface area (Å²) in [6, 6.07) is 15.5. The van der Waals surface area contributed by atoms with Gasteiger partial charge in [-0.15, -0.1) is 0 Å². The van der Waals surface area contributed by atoms with E-state index in [-0.39, 0.29) is 0 Å². The smallest absolute Gasteiger partial charge is 0.170 e. The van der Waals surface area contributed by atoms with E-state index in [2.05, 4.69) is 4.74 Å². The highest BCUT2D eigenvalue weighted by atomic mass is 31.1. The largest absolute Gasteiger partial charge is 0.612 e. The molecule has 2 rings (SSSR count). The number of rotatable bonds is 3. The zero-order chi connectivity index (χ0) is 13.0. The molecule has 4 heteroatoms. The normalized spacial score (nSPS) is 11.6. The number of benzene rings is 2. The van der Waals surface area contributed by atoms with Crippen LogP contribution in [0.5, 0.6) is 0 Å². The van der Waals surface area contributed by atoms with Crippen molar-refractivity contribution in [3.05, 3.63) is 48.5 Å². The lowest BCUT2D eigenvalue weighted by molar-refractivity contribution is -0.155. The number of nitrogens with zero attached hydrogens (tertiary/aromatic N) is 1. The van der Waals surface area contributed by atoms with Gasteiger partial charge in [0.15, 0.2) is 7.94 Å². The minimum Gasteiger partial charge on any atom is -0.612 e. The van der Waals surface area contributed by atoms with E-state index in [9.17, 15) is 4.89 Å². The molecule has 0 aromatic heterocycles. The minimum absolute atomic E-state index is 0.526. The Hall–Kier alpha value is -1.70. The molecule has 0 aliphatic heterocycles. The maximum atomic E-state index is 11.6. The minimum atomic E-state index is -1.58. The fraction of sp³-hybridized carbons (Fsp3) is 0.143. The maximum Gasteiger partial charge on any atom is 0.170 e. The van der Waals surface area contributed by atoms with Crippen molar-refractivity contribution < 1.29 is 4.89 Å².